The quantitative estimate of drug-likeness (QED) is 0.565. The fourth-order valence-corrected chi connectivity index (χ4v) is 4.01. The molecule has 0 bridgehead atoms. The number of ether oxygens (including phenoxy) is 2. The van der Waals surface area contributed by atoms with Crippen molar-refractivity contribution >= 4 is 11.7 Å². The van der Waals surface area contributed by atoms with Gasteiger partial charge < -0.3 is 23.8 Å². The van der Waals surface area contributed by atoms with Gasteiger partial charge in [0.25, 0.3) is 0 Å². The highest BCUT2D eigenvalue weighted by Crippen LogP contribution is 2.31. The SMILES string of the molecule is CCN(CC(=O)Nc1c(C#N)c(C)c(C)n1Cc1ccco1)C[C@@H]1COc2ccccc2O1. The van der Waals surface area contributed by atoms with E-state index in [1.54, 1.807) is 6.26 Å². The number of likely N-dealkylation sites (N-methyl/N-ethyl adjacent to an activating group) is 1. The van der Waals surface area contributed by atoms with E-state index >= 15 is 0 Å². The number of hydrogen-bond donors (Lipinski definition) is 1. The lowest BCUT2D eigenvalue weighted by Crippen LogP contribution is -2.43. The van der Waals surface area contributed by atoms with Gasteiger partial charge in [0, 0.05) is 12.2 Å². The van der Waals surface area contributed by atoms with Gasteiger partial charge in [-0.2, -0.15) is 5.26 Å². The smallest absolute Gasteiger partial charge is 0.239 e. The van der Waals surface area contributed by atoms with Crippen molar-refractivity contribution in [3.63, 3.8) is 0 Å². The van der Waals surface area contributed by atoms with E-state index < -0.39 is 0 Å². The molecule has 0 spiro atoms. The van der Waals surface area contributed by atoms with E-state index in [4.69, 9.17) is 13.9 Å². The second kappa shape index (κ2) is 9.84. The fourth-order valence-electron chi connectivity index (χ4n) is 4.01. The molecule has 3 heterocycles. The second-order valence-corrected chi connectivity index (χ2v) is 8.08. The van der Waals surface area contributed by atoms with Crippen molar-refractivity contribution < 1.29 is 18.7 Å². The van der Waals surface area contributed by atoms with Crippen molar-refractivity contribution in [3.05, 3.63) is 65.2 Å². The van der Waals surface area contributed by atoms with Crippen molar-refractivity contribution in [2.75, 3.05) is 31.6 Å². The molecule has 1 N–H and O–H groups in total. The number of nitriles is 1. The molecule has 0 aliphatic carbocycles. The van der Waals surface area contributed by atoms with Crippen molar-refractivity contribution in [1.29, 1.82) is 5.26 Å². The van der Waals surface area contributed by atoms with Gasteiger partial charge in [-0.3, -0.25) is 9.69 Å². The van der Waals surface area contributed by atoms with E-state index in [2.05, 4.69) is 11.4 Å². The Hall–Kier alpha value is -3.70. The Morgan fingerprint density at radius 2 is 2.03 bits per heavy atom. The molecule has 0 saturated carbocycles. The minimum atomic E-state index is -0.191. The Balaban J connectivity index is 1.44. The van der Waals surface area contributed by atoms with Crippen LogP contribution in [0.3, 0.4) is 0 Å². The third-order valence-electron chi connectivity index (χ3n) is 5.94. The highest BCUT2D eigenvalue weighted by atomic mass is 16.6. The summed E-state index contributed by atoms with van der Waals surface area (Å²) >= 11 is 0. The number of aromatic nitrogens is 1. The van der Waals surface area contributed by atoms with Crippen molar-refractivity contribution in [2.24, 2.45) is 0 Å². The molecule has 0 unspecified atom stereocenters. The molecule has 4 rings (SSSR count). The number of nitrogens with one attached hydrogen (secondary N) is 1. The second-order valence-electron chi connectivity index (χ2n) is 8.08. The van der Waals surface area contributed by atoms with E-state index in [1.165, 1.54) is 0 Å². The van der Waals surface area contributed by atoms with Crippen LogP contribution in [0, 0.1) is 25.2 Å². The number of furan rings is 1. The Labute approximate surface area is 193 Å². The van der Waals surface area contributed by atoms with Crippen LogP contribution in [0.4, 0.5) is 5.82 Å². The van der Waals surface area contributed by atoms with E-state index in [0.29, 0.717) is 37.6 Å². The standard InChI is InChI=1S/C25H28N4O4/c1-4-28(13-20-16-32-22-9-5-6-10-23(22)33-20)15-24(30)27-25-21(12-26)17(2)18(3)29(25)14-19-8-7-11-31-19/h5-11,20H,4,13-16H2,1-3H3,(H,27,30)/t20-/m1/s1. The summed E-state index contributed by atoms with van der Waals surface area (Å²) in [4.78, 5) is 15.0. The van der Waals surface area contributed by atoms with Crippen LogP contribution in [0.2, 0.25) is 0 Å². The Bertz CT molecular complexity index is 1160. The number of hydrogen-bond acceptors (Lipinski definition) is 6. The predicted octanol–water partition coefficient (Wildman–Crippen LogP) is 3.72. The highest BCUT2D eigenvalue weighted by molar-refractivity contribution is 5.93. The minimum Gasteiger partial charge on any atom is -0.486 e. The number of carbonyl (C=O) groups is 1. The van der Waals surface area contributed by atoms with Crippen LogP contribution in [0.1, 0.15) is 29.5 Å². The first-order chi connectivity index (χ1) is 16.0. The molecule has 0 saturated heterocycles. The van der Waals surface area contributed by atoms with Gasteiger partial charge in [0.1, 0.15) is 30.4 Å². The monoisotopic (exact) mass is 448 g/mol. The molecule has 1 atom stereocenters. The molecule has 0 radical (unpaired) electrons. The summed E-state index contributed by atoms with van der Waals surface area (Å²) < 4.78 is 19.2. The third-order valence-corrected chi connectivity index (χ3v) is 5.94. The molecule has 1 aromatic carbocycles. The molecule has 33 heavy (non-hydrogen) atoms. The Kier molecular flexibility index (Phi) is 6.71. The lowest BCUT2D eigenvalue weighted by Gasteiger charge is -2.30. The van der Waals surface area contributed by atoms with Gasteiger partial charge >= 0.3 is 0 Å². The normalized spacial score (nSPS) is 14.8. The maximum Gasteiger partial charge on any atom is 0.239 e. The first-order valence-corrected chi connectivity index (χ1v) is 11.0. The summed E-state index contributed by atoms with van der Waals surface area (Å²) in [6.07, 6.45) is 1.44. The molecule has 2 aromatic heterocycles. The number of para-hydroxylation sites is 2. The summed E-state index contributed by atoms with van der Waals surface area (Å²) in [7, 11) is 0. The molecule has 1 aliphatic rings. The first kappa shape index (κ1) is 22.5. The van der Waals surface area contributed by atoms with Gasteiger partial charge in [0.15, 0.2) is 11.5 Å². The van der Waals surface area contributed by atoms with Gasteiger partial charge in [0.05, 0.1) is 24.9 Å². The Morgan fingerprint density at radius 3 is 2.73 bits per heavy atom. The number of rotatable bonds is 8. The molecular formula is C25H28N4O4. The van der Waals surface area contributed by atoms with E-state index in [0.717, 1.165) is 28.5 Å². The molecule has 0 fully saturated rings. The zero-order chi connectivity index (χ0) is 23.4. The summed E-state index contributed by atoms with van der Waals surface area (Å²) in [6, 6.07) is 13.5. The number of nitrogens with zero attached hydrogens (tertiary/aromatic N) is 3. The minimum absolute atomic E-state index is 0.172. The van der Waals surface area contributed by atoms with Crippen LogP contribution < -0.4 is 14.8 Å². The van der Waals surface area contributed by atoms with Crippen LogP contribution in [-0.4, -0.2) is 47.7 Å². The third kappa shape index (κ3) is 4.89. The predicted molar refractivity (Wildman–Crippen MR) is 124 cm³/mol. The molecular weight excluding hydrogens is 420 g/mol. The molecule has 8 heteroatoms. The molecule has 8 nitrogen and oxygen atoms in total. The van der Waals surface area contributed by atoms with Crippen LogP contribution in [0.25, 0.3) is 0 Å². The summed E-state index contributed by atoms with van der Waals surface area (Å²) in [5, 5.41) is 12.7. The summed E-state index contributed by atoms with van der Waals surface area (Å²) in [5.74, 6) is 2.51. The topological polar surface area (TPSA) is 92.7 Å². The first-order valence-electron chi connectivity index (χ1n) is 11.0. The maximum absolute atomic E-state index is 13.0. The van der Waals surface area contributed by atoms with E-state index in [1.807, 2.05) is 66.6 Å². The number of fused-ring (bicyclic) bond motifs is 1. The highest BCUT2D eigenvalue weighted by Gasteiger charge is 2.25. The van der Waals surface area contributed by atoms with Crippen molar-refractivity contribution in [3.8, 4) is 17.6 Å². The van der Waals surface area contributed by atoms with Crippen LogP contribution >= 0.6 is 0 Å². The zero-order valence-electron chi connectivity index (χ0n) is 19.1. The maximum atomic E-state index is 13.0. The Morgan fingerprint density at radius 1 is 1.24 bits per heavy atom. The number of benzene rings is 1. The molecule has 1 aliphatic heterocycles. The van der Waals surface area contributed by atoms with Gasteiger partial charge in [0.2, 0.25) is 5.91 Å². The number of carbonyl (C=O) groups excluding carboxylic acids is 1. The fraction of sp³-hybridized carbons (Fsp3) is 0.360. The van der Waals surface area contributed by atoms with Crippen LogP contribution in [-0.2, 0) is 11.3 Å². The molecule has 172 valence electrons. The van der Waals surface area contributed by atoms with Crippen LogP contribution in [0.5, 0.6) is 11.5 Å². The molecule has 3 aromatic rings. The van der Waals surface area contributed by atoms with Crippen molar-refractivity contribution in [1.82, 2.24) is 9.47 Å². The van der Waals surface area contributed by atoms with Gasteiger partial charge in [-0.1, -0.05) is 19.1 Å². The average molecular weight is 449 g/mol. The lowest BCUT2D eigenvalue weighted by molar-refractivity contribution is -0.117. The number of amides is 1. The van der Waals surface area contributed by atoms with Gasteiger partial charge in [-0.05, 0) is 50.2 Å². The van der Waals surface area contributed by atoms with Crippen LogP contribution in [0.15, 0.2) is 47.1 Å². The zero-order valence-corrected chi connectivity index (χ0v) is 19.1. The summed E-state index contributed by atoms with van der Waals surface area (Å²) in [6.45, 7) is 8.08. The van der Waals surface area contributed by atoms with Gasteiger partial charge in [-0.15, -0.1) is 0 Å². The van der Waals surface area contributed by atoms with Gasteiger partial charge in [-0.25, -0.2) is 0 Å². The lowest BCUT2D eigenvalue weighted by atomic mass is 10.2. The summed E-state index contributed by atoms with van der Waals surface area (Å²) in [5.41, 5.74) is 2.23. The van der Waals surface area contributed by atoms with E-state index in [9.17, 15) is 10.1 Å². The largest absolute Gasteiger partial charge is 0.486 e. The van der Waals surface area contributed by atoms with E-state index in [-0.39, 0.29) is 18.6 Å². The number of anilines is 1. The molecule has 1 amide bonds. The average Bonchev–Trinajstić information content (AvgIpc) is 3.41. The van der Waals surface area contributed by atoms with Crippen molar-refractivity contribution in [2.45, 2.75) is 33.4 Å².